The highest BCUT2D eigenvalue weighted by atomic mass is 16.3. The quantitative estimate of drug-likeness (QED) is 0.874. The molecule has 3 nitrogen and oxygen atoms in total. The van der Waals surface area contributed by atoms with Crippen molar-refractivity contribution in [2.75, 3.05) is 11.4 Å². The van der Waals surface area contributed by atoms with Gasteiger partial charge in [0, 0.05) is 24.3 Å². The lowest BCUT2D eigenvalue weighted by Crippen LogP contribution is -2.46. The number of hydrogen-bond acceptors (Lipinski definition) is 3. The molecule has 0 bridgehead atoms. The first-order chi connectivity index (χ1) is 8.50. The van der Waals surface area contributed by atoms with Gasteiger partial charge in [0.15, 0.2) is 0 Å². The molecular weight excluding hydrogens is 224 g/mol. The Bertz CT molecular complexity index is 405. The molecule has 4 atom stereocenters. The van der Waals surface area contributed by atoms with E-state index in [-0.39, 0.29) is 0 Å². The van der Waals surface area contributed by atoms with Crippen LogP contribution in [0, 0.1) is 11.8 Å². The van der Waals surface area contributed by atoms with Crippen molar-refractivity contribution in [2.45, 2.75) is 46.3 Å². The molecule has 0 spiro atoms. The molecule has 0 aliphatic carbocycles. The van der Waals surface area contributed by atoms with E-state index in [1.807, 2.05) is 25.3 Å². The predicted molar refractivity (Wildman–Crippen MR) is 74.6 cm³/mol. The molecule has 2 rings (SSSR count). The minimum absolute atomic E-state index is 0.464. The van der Waals surface area contributed by atoms with E-state index in [0.717, 1.165) is 17.9 Å². The van der Waals surface area contributed by atoms with Crippen LogP contribution >= 0.6 is 0 Å². The Morgan fingerprint density at radius 3 is 2.78 bits per heavy atom. The van der Waals surface area contributed by atoms with Crippen LogP contribution in [0.3, 0.4) is 0 Å². The Morgan fingerprint density at radius 1 is 1.39 bits per heavy atom. The Balaban J connectivity index is 2.35. The second-order valence-electron chi connectivity index (χ2n) is 5.80. The lowest BCUT2D eigenvalue weighted by Gasteiger charge is -2.42. The van der Waals surface area contributed by atoms with Crippen LogP contribution in [0.5, 0.6) is 0 Å². The highest BCUT2D eigenvalue weighted by molar-refractivity contribution is 5.49. The van der Waals surface area contributed by atoms with E-state index in [2.05, 4.69) is 30.7 Å². The van der Waals surface area contributed by atoms with Gasteiger partial charge in [0.2, 0.25) is 0 Å². The van der Waals surface area contributed by atoms with Gasteiger partial charge in [-0.2, -0.15) is 0 Å². The number of aromatic nitrogens is 1. The summed E-state index contributed by atoms with van der Waals surface area (Å²) in [6.07, 6.45) is 2.63. The van der Waals surface area contributed by atoms with Crippen LogP contribution in [-0.2, 0) is 0 Å². The fourth-order valence-electron chi connectivity index (χ4n) is 2.97. The summed E-state index contributed by atoms with van der Waals surface area (Å²) >= 11 is 0. The van der Waals surface area contributed by atoms with Crippen LogP contribution in [0.4, 0.5) is 5.82 Å². The highest BCUT2D eigenvalue weighted by Crippen LogP contribution is 2.33. The summed E-state index contributed by atoms with van der Waals surface area (Å²) in [6.45, 7) is 9.69. The molecule has 0 radical (unpaired) electrons. The second-order valence-corrected chi connectivity index (χ2v) is 5.80. The van der Waals surface area contributed by atoms with Gasteiger partial charge < -0.3 is 10.0 Å². The fourth-order valence-corrected chi connectivity index (χ4v) is 2.97. The number of hydrogen-bond donors (Lipinski definition) is 1. The third-order valence-corrected chi connectivity index (χ3v) is 4.14. The molecule has 0 aromatic carbocycles. The summed E-state index contributed by atoms with van der Waals surface area (Å²) in [5, 5.41) is 9.89. The van der Waals surface area contributed by atoms with E-state index >= 15 is 0 Å². The molecule has 100 valence electrons. The SMILES string of the molecule is CC1CC(C)C(C)N(c2ncccc2C(C)O)C1. The maximum absolute atomic E-state index is 9.89. The largest absolute Gasteiger partial charge is 0.389 e. The second kappa shape index (κ2) is 5.27. The van der Waals surface area contributed by atoms with Crippen molar-refractivity contribution in [1.82, 2.24) is 4.98 Å². The van der Waals surface area contributed by atoms with Gasteiger partial charge in [-0.05, 0) is 38.2 Å². The van der Waals surface area contributed by atoms with E-state index in [9.17, 15) is 5.11 Å². The smallest absolute Gasteiger partial charge is 0.134 e. The van der Waals surface area contributed by atoms with E-state index in [1.165, 1.54) is 6.42 Å². The van der Waals surface area contributed by atoms with Crippen molar-refractivity contribution in [2.24, 2.45) is 11.8 Å². The molecule has 1 N–H and O–H groups in total. The molecule has 0 saturated carbocycles. The van der Waals surface area contributed by atoms with Crippen molar-refractivity contribution in [3.05, 3.63) is 23.9 Å². The number of pyridine rings is 1. The number of aliphatic hydroxyl groups is 1. The van der Waals surface area contributed by atoms with E-state index in [0.29, 0.717) is 17.9 Å². The Labute approximate surface area is 110 Å². The Morgan fingerprint density at radius 2 is 2.11 bits per heavy atom. The number of nitrogens with zero attached hydrogens (tertiary/aromatic N) is 2. The lowest BCUT2D eigenvalue weighted by molar-refractivity contribution is 0.198. The van der Waals surface area contributed by atoms with Crippen molar-refractivity contribution in [3.8, 4) is 0 Å². The minimum atomic E-state index is -0.464. The van der Waals surface area contributed by atoms with Crippen LogP contribution in [0.15, 0.2) is 18.3 Å². The van der Waals surface area contributed by atoms with Gasteiger partial charge in [0.05, 0.1) is 6.10 Å². The molecule has 1 aromatic rings. The normalized spacial score (nSPS) is 30.3. The average Bonchev–Trinajstić information content (AvgIpc) is 2.33. The molecule has 1 fully saturated rings. The van der Waals surface area contributed by atoms with Gasteiger partial charge in [-0.15, -0.1) is 0 Å². The summed E-state index contributed by atoms with van der Waals surface area (Å²) in [6, 6.07) is 4.35. The van der Waals surface area contributed by atoms with Gasteiger partial charge in [-0.1, -0.05) is 19.9 Å². The predicted octanol–water partition coefficient (Wildman–Crippen LogP) is 3.01. The van der Waals surface area contributed by atoms with Gasteiger partial charge in [0.1, 0.15) is 5.82 Å². The van der Waals surface area contributed by atoms with Crippen LogP contribution < -0.4 is 4.90 Å². The van der Waals surface area contributed by atoms with Crippen LogP contribution in [-0.4, -0.2) is 22.7 Å². The first-order valence-corrected chi connectivity index (χ1v) is 6.90. The maximum atomic E-state index is 9.89. The van der Waals surface area contributed by atoms with E-state index in [1.54, 1.807) is 0 Å². The first-order valence-electron chi connectivity index (χ1n) is 6.90. The minimum Gasteiger partial charge on any atom is -0.389 e. The molecular formula is C15H24N2O. The van der Waals surface area contributed by atoms with Crippen LogP contribution in [0.25, 0.3) is 0 Å². The fraction of sp³-hybridized carbons (Fsp3) is 0.667. The molecule has 1 aliphatic rings. The first kappa shape index (κ1) is 13.3. The summed E-state index contributed by atoms with van der Waals surface area (Å²) in [4.78, 5) is 6.87. The van der Waals surface area contributed by atoms with Crippen molar-refractivity contribution < 1.29 is 5.11 Å². The van der Waals surface area contributed by atoms with Crippen LogP contribution in [0.2, 0.25) is 0 Å². The van der Waals surface area contributed by atoms with Crippen molar-refractivity contribution in [1.29, 1.82) is 0 Å². The Hall–Kier alpha value is -1.09. The molecule has 18 heavy (non-hydrogen) atoms. The van der Waals surface area contributed by atoms with Gasteiger partial charge in [0.25, 0.3) is 0 Å². The molecule has 2 heterocycles. The standard InChI is InChI=1S/C15H24N2O/c1-10-8-11(2)12(3)17(9-10)15-14(13(4)18)6-5-7-16-15/h5-7,10-13,18H,8-9H2,1-4H3. The monoisotopic (exact) mass is 248 g/mol. The number of anilines is 1. The number of piperidine rings is 1. The van der Waals surface area contributed by atoms with Gasteiger partial charge in [-0.3, -0.25) is 0 Å². The molecule has 4 unspecified atom stereocenters. The third-order valence-electron chi connectivity index (χ3n) is 4.14. The van der Waals surface area contributed by atoms with Crippen molar-refractivity contribution >= 4 is 5.82 Å². The molecule has 0 amide bonds. The van der Waals surface area contributed by atoms with Crippen LogP contribution in [0.1, 0.15) is 45.8 Å². The average molecular weight is 248 g/mol. The topological polar surface area (TPSA) is 36.4 Å². The summed E-state index contributed by atoms with van der Waals surface area (Å²) in [5.74, 6) is 2.30. The van der Waals surface area contributed by atoms with Gasteiger partial charge in [-0.25, -0.2) is 4.98 Å². The third kappa shape index (κ3) is 2.51. The zero-order valence-electron chi connectivity index (χ0n) is 11.8. The summed E-state index contributed by atoms with van der Waals surface area (Å²) < 4.78 is 0. The highest BCUT2D eigenvalue weighted by Gasteiger charge is 2.31. The zero-order valence-corrected chi connectivity index (χ0v) is 11.8. The van der Waals surface area contributed by atoms with E-state index in [4.69, 9.17) is 0 Å². The van der Waals surface area contributed by atoms with Crippen molar-refractivity contribution in [3.63, 3.8) is 0 Å². The number of aliphatic hydroxyl groups excluding tert-OH is 1. The molecule has 1 aliphatic heterocycles. The molecule has 1 saturated heterocycles. The summed E-state index contributed by atoms with van der Waals surface area (Å²) in [7, 11) is 0. The lowest BCUT2D eigenvalue weighted by atomic mass is 9.85. The molecule has 1 aromatic heterocycles. The Kier molecular flexibility index (Phi) is 3.91. The zero-order chi connectivity index (χ0) is 13.3. The summed E-state index contributed by atoms with van der Waals surface area (Å²) in [5.41, 5.74) is 0.936. The van der Waals surface area contributed by atoms with E-state index < -0.39 is 6.10 Å². The van der Waals surface area contributed by atoms with Gasteiger partial charge >= 0.3 is 0 Å². The maximum Gasteiger partial charge on any atom is 0.134 e. The molecule has 3 heteroatoms. The number of rotatable bonds is 2.